The van der Waals surface area contributed by atoms with E-state index in [0.717, 1.165) is 0 Å². The number of ether oxygens (including phenoxy) is 1. The third-order valence-electron chi connectivity index (χ3n) is 2.64. The number of hydrogen-bond donors (Lipinski definition) is 2. The van der Waals surface area contributed by atoms with E-state index in [4.69, 9.17) is 10.6 Å². The van der Waals surface area contributed by atoms with Gasteiger partial charge in [0.05, 0.1) is 12.6 Å². The molecule has 1 unspecified atom stereocenters. The molecule has 0 saturated heterocycles. The fourth-order valence-corrected chi connectivity index (χ4v) is 3.21. The van der Waals surface area contributed by atoms with Crippen molar-refractivity contribution in [1.29, 1.82) is 0 Å². The number of nitrogens with one attached hydrogen (secondary N) is 1. The fourth-order valence-electron chi connectivity index (χ4n) is 1.90. The second kappa shape index (κ2) is 4.40. The minimum absolute atomic E-state index is 0.149. The molecule has 0 bridgehead atoms. The first-order valence-electron chi connectivity index (χ1n) is 4.91. The smallest absolute Gasteiger partial charge is 0.0786 e. The van der Waals surface area contributed by atoms with Crippen LogP contribution in [-0.2, 0) is 17.6 Å². The number of fused-ring (bicyclic) bond motifs is 1. The van der Waals surface area contributed by atoms with E-state index in [1.807, 2.05) is 11.3 Å². The molecule has 1 aromatic rings. The summed E-state index contributed by atoms with van der Waals surface area (Å²) in [4.78, 5) is 2.84. The van der Waals surface area contributed by atoms with Crippen molar-refractivity contribution in [3.05, 3.63) is 21.4 Å². The Morgan fingerprint density at radius 1 is 1.64 bits per heavy atom. The molecule has 0 aromatic carbocycles. The lowest BCUT2D eigenvalue weighted by atomic mass is 10.2. The van der Waals surface area contributed by atoms with Gasteiger partial charge in [-0.2, -0.15) is 0 Å². The van der Waals surface area contributed by atoms with Crippen molar-refractivity contribution in [2.24, 2.45) is 5.84 Å². The maximum atomic E-state index is 5.49. The molecule has 3 nitrogen and oxygen atoms in total. The molecule has 0 aliphatic heterocycles. The summed E-state index contributed by atoms with van der Waals surface area (Å²) in [5.41, 5.74) is 4.31. The highest BCUT2D eigenvalue weighted by Crippen LogP contribution is 2.33. The zero-order valence-corrected chi connectivity index (χ0v) is 9.19. The number of hydrazine groups is 1. The summed E-state index contributed by atoms with van der Waals surface area (Å²) in [6, 6.07) is 2.42. The van der Waals surface area contributed by atoms with E-state index in [2.05, 4.69) is 11.5 Å². The molecular weight excluding hydrogens is 196 g/mol. The van der Waals surface area contributed by atoms with Gasteiger partial charge in [0.2, 0.25) is 0 Å². The molecule has 0 radical (unpaired) electrons. The van der Waals surface area contributed by atoms with Gasteiger partial charge in [0.1, 0.15) is 0 Å². The Morgan fingerprint density at radius 3 is 3.14 bits per heavy atom. The summed E-state index contributed by atoms with van der Waals surface area (Å²) in [6.45, 7) is 0.635. The van der Waals surface area contributed by atoms with Crippen LogP contribution in [0, 0.1) is 0 Å². The van der Waals surface area contributed by atoms with Gasteiger partial charge < -0.3 is 4.74 Å². The van der Waals surface area contributed by atoms with Gasteiger partial charge in [0, 0.05) is 16.9 Å². The minimum atomic E-state index is 0.149. The number of hydrogen-bond acceptors (Lipinski definition) is 4. The Morgan fingerprint density at radius 2 is 2.50 bits per heavy atom. The molecule has 0 spiro atoms. The molecule has 1 aliphatic rings. The zero-order valence-electron chi connectivity index (χ0n) is 8.38. The molecule has 2 rings (SSSR count). The monoisotopic (exact) mass is 212 g/mol. The maximum absolute atomic E-state index is 5.49. The van der Waals surface area contributed by atoms with Gasteiger partial charge in [-0.05, 0) is 30.9 Å². The van der Waals surface area contributed by atoms with Gasteiger partial charge in [0.15, 0.2) is 0 Å². The molecule has 1 heterocycles. The predicted octanol–water partition coefficient (Wildman–Crippen LogP) is 1.39. The highest BCUT2D eigenvalue weighted by Gasteiger charge is 2.19. The molecule has 78 valence electrons. The molecule has 3 N–H and O–H groups in total. The molecule has 0 amide bonds. The summed E-state index contributed by atoms with van der Waals surface area (Å²) >= 11 is 1.87. The maximum Gasteiger partial charge on any atom is 0.0786 e. The second-order valence-electron chi connectivity index (χ2n) is 3.63. The molecule has 1 aliphatic carbocycles. The van der Waals surface area contributed by atoms with Crippen LogP contribution in [0.25, 0.3) is 0 Å². The molecule has 4 heteroatoms. The van der Waals surface area contributed by atoms with E-state index in [1.54, 1.807) is 7.11 Å². The topological polar surface area (TPSA) is 47.3 Å². The summed E-state index contributed by atoms with van der Waals surface area (Å²) in [5, 5.41) is 0. The van der Waals surface area contributed by atoms with Crippen LogP contribution in [0.15, 0.2) is 6.07 Å². The largest absolute Gasteiger partial charge is 0.383 e. The number of rotatable bonds is 4. The Balaban J connectivity index is 2.14. The summed E-state index contributed by atoms with van der Waals surface area (Å²) in [7, 11) is 1.70. The molecule has 14 heavy (non-hydrogen) atoms. The van der Waals surface area contributed by atoms with Gasteiger partial charge in [0.25, 0.3) is 0 Å². The van der Waals surface area contributed by atoms with Gasteiger partial charge >= 0.3 is 0 Å². The van der Waals surface area contributed by atoms with Crippen molar-refractivity contribution in [1.82, 2.24) is 5.43 Å². The molecule has 1 aromatic heterocycles. The van der Waals surface area contributed by atoms with Crippen molar-refractivity contribution in [2.45, 2.75) is 25.3 Å². The zero-order chi connectivity index (χ0) is 9.97. The average molecular weight is 212 g/mol. The molecule has 1 atom stereocenters. The van der Waals surface area contributed by atoms with E-state index >= 15 is 0 Å². The van der Waals surface area contributed by atoms with Gasteiger partial charge in [-0.1, -0.05) is 0 Å². The predicted molar refractivity (Wildman–Crippen MR) is 58.3 cm³/mol. The third kappa shape index (κ3) is 1.83. The minimum Gasteiger partial charge on any atom is -0.383 e. The number of methoxy groups -OCH3 is 1. The van der Waals surface area contributed by atoms with Crippen molar-refractivity contribution < 1.29 is 4.74 Å². The summed E-state index contributed by atoms with van der Waals surface area (Å²) in [6.07, 6.45) is 3.78. The van der Waals surface area contributed by atoms with Crippen molar-refractivity contribution in [2.75, 3.05) is 13.7 Å². The standard InChI is InChI=1S/C10H16N2OS/c1-13-6-8(12-11)10-5-7-3-2-4-9(7)14-10/h5,8,12H,2-4,6,11H2,1H3. The normalized spacial score (nSPS) is 17.0. The Hall–Kier alpha value is -0.420. The lowest BCUT2D eigenvalue weighted by Gasteiger charge is -2.12. The van der Waals surface area contributed by atoms with Crippen LogP contribution in [0.3, 0.4) is 0 Å². The average Bonchev–Trinajstić information content (AvgIpc) is 2.73. The first-order valence-corrected chi connectivity index (χ1v) is 5.73. The SMILES string of the molecule is COCC(NN)c1cc2c(s1)CCC2. The lowest BCUT2D eigenvalue weighted by molar-refractivity contribution is 0.168. The fraction of sp³-hybridized carbons (Fsp3) is 0.600. The Labute approximate surface area is 88.2 Å². The first-order chi connectivity index (χ1) is 6.85. The van der Waals surface area contributed by atoms with E-state index in [1.165, 1.54) is 34.6 Å². The van der Waals surface area contributed by atoms with Crippen LogP contribution in [0.4, 0.5) is 0 Å². The highest BCUT2D eigenvalue weighted by molar-refractivity contribution is 7.12. The number of nitrogens with two attached hydrogens (primary N) is 1. The van der Waals surface area contributed by atoms with E-state index < -0.39 is 0 Å². The van der Waals surface area contributed by atoms with Crippen molar-refractivity contribution in [3.63, 3.8) is 0 Å². The Kier molecular flexibility index (Phi) is 3.18. The van der Waals surface area contributed by atoms with Crippen LogP contribution < -0.4 is 11.3 Å². The summed E-state index contributed by atoms with van der Waals surface area (Å²) in [5.74, 6) is 5.49. The van der Waals surface area contributed by atoms with Crippen molar-refractivity contribution >= 4 is 11.3 Å². The van der Waals surface area contributed by atoms with Gasteiger partial charge in [-0.25, -0.2) is 5.43 Å². The molecule has 0 saturated carbocycles. The van der Waals surface area contributed by atoms with Crippen LogP contribution in [0.2, 0.25) is 0 Å². The van der Waals surface area contributed by atoms with E-state index in [9.17, 15) is 0 Å². The van der Waals surface area contributed by atoms with Crippen LogP contribution in [-0.4, -0.2) is 13.7 Å². The highest BCUT2D eigenvalue weighted by atomic mass is 32.1. The van der Waals surface area contributed by atoms with Crippen LogP contribution in [0.1, 0.15) is 27.8 Å². The van der Waals surface area contributed by atoms with Crippen LogP contribution in [0.5, 0.6) is 0 Å². The van der Waals surface area contributed by atoms with Crippen LogP contribution >= 0.6 is 11.3 Å². The third-order valence-corrected chi connectivity index (χ3v) is 3.99. The molecular formula is C10H16N2OS. The van der Waals surface area contributed by atoms with E-state index in [0.29, 0.717) is 6.61 Å². The second-order valence-corrected chi connectivity index (χ2v) is 4.79. The van der Waals surface area contributed by atoms with Gasteiger partial charge in [-0.3, -0.25) is 5.84 Å². The summed E-state index contributed by atoms with van der Waals surface area (Å²) < 4.78 is 5.11. The first kappa shape index (κ1) is 10.1. The number of aryl methyl sites for hydroxylation is 2. The number of thiophene rings is 1. The quantitative estimate of drug-likeness (QED) is 0.585. The lowest BCUT2D eigenvalue weighted by Crippen LogP contribution is -2.30. The van der Waals surface area contributed by atoms with E-state index in [-0.39, 0.29) is 6.04 Å². The van der Waals surface area contributed by atoms with Gasteiger partial charge in [-0.15, -0.1) is 11.3 Å². The molecule has 0 fully saturated rings. The van der Waals surface area contributed by atoms with Crippen molar-refractivity contribution in [3.8, 4) is 0 Å². The Bertz CT molecular complexity index is 290.